The van der Waals surface area contributed by atoms with Gasteiger partial charge in [0.2, 0.25) is 0 Å². The first kappa shape index (κ1) is 13.1. The van der Waals surface area contributed by atoms with Gasteiger partial charge >= 0.3 is 0 Å². The lowest BCUT2D eigenvalue weighted by Crippen LogP contribution is -2.42. The number of nitrogens with zero attached hydrogens (tertiary/aromatic N) is 2. The van der Waals surface area contributed by atoms with Crippen molar-refractivity contribution in [2.75, 3.05) is 7.05 Å². The minimum atomic E-state index is 0.150. The number of hydrogen-bond donors (Lipinski definition) is 1. The molecule has 3 heteroatoms. The molecular weight excluding hydrogens is 198 g/mol. The molecule has 0 amide bonds. The van der Waals surface area contributed by atoms with Crippen molar-refractivity contribution in [3.63, 3.8) is 0 Å². The summed E-state index contributed by atoms with van der Waals surface area (Å²) in [6.45, 7) is 6.50. The number of aromatic nitrogens is 1. The molecule has 0 spiro atoms. The van der Waals surface area contributed by atoms with Gasteiger partial charge in [0.1, 0.15) is 0 Å². The smallest absolute Gasteiger partial charge is 0.0513 e. The first-order valence-corrected chi connectivity index (χ1v) is 5.95. The van der Waals surface area contributed by atoms with Crippen LogP contribution in [0, 0.1) is 0 Å². The fourth-order valence-corrected chi connectivity index (χ4v) is 1.88. The van der Waals surface area contributed by atoms with Crippen molar-refractivity contribution in [1.29, 1.82) is 0 Å². The average Bonchev–Trinajstić information content (AvgIpc) is 2.30. The maximum atomic E-state index is 6.22. The van der Waals surface area contributed by atoms with Gasteiger partial charge in [-0.15, -0.1) is 0 Å². The predicted octanol–water partition coefficient (Wildman–Crippen LogP) is 2.20. The quantitative estimate of drug-likeness (QED) is 0.829. The Bertz CT molecular complexity index is 297. The number of nitrogens with two attached hydrogens (primary N) is 1. The van der Waals surface area contributed by atoms with Crippen molar-refractivity contribution in [1.82, 2.24) is 9.88 Å². The van der Waals surface area contributed by atoms with Gasteiger partial charge in [0, 0.05) is 24.5 Å². The highest BCUT2D eigenvalue weighted by Crippen LogP contribution is 2.24. The van der Waals surface area contributed by atoms with Crippen LogP contribution in [0.4, 0.5) is 0 Å². The number of hydrogen-bond acceptors (Lipinski definition) is 3. The zero-order valence-electron chi connectivity index (χ0n) is 10.7. The van der Waals surface area contributed by atoms with E-state index in [0.29, 0.717) is 6.04 Å². The van der Waals surface area contributed by atoms with Gasteiger partial charge in [-0.3, -0.25) is 9.88 Å². The number of pyridine rings is 1. The normalized spacial score (nSPS) is 15.4. The SMILES string of the molecule is CCC(N)C(c1cccnc1)N(C)C(C)C. The summed E-state index contributed by atoms with van der Waals surface area (Å²) in [5.41, 5.74) is 7.42. The minimum Gasteiger partial charge on any atom is -0.326 e. The fourth-order valence-electron chi connectivity index (χ4n) is 1.88. The Morgan fingerprint density at radius 3 is 2.56 bits per heavy atom. The molecule has 0 aromatic carbocycles. The Balaban J connectivity index is 2.96. The second-order valence-electron chi connectivity index (χ2n) is 4.56. The van der Waals surface area contributed by atoms with Crippen LogP contribution in [0.15, 0.2) is 24.5 Å². The predicted molar refractivity (Wildman–Crippen MR) is 68.1 cm³/mol. The summed E-state index contributed by atoms with van der Waals surface area (Å²) in [4.78, 5) is 6.49. The van der Waals surface area contributed by atoms with Crippen molar-refractivity contribution < 1.29 is 0 Å². The van der Waals surface area contributed by atoms with E-state index in [2.05, 4.69) is 43.8 Å². The Hall–Kier alpha value is -0.930. The van der Waals surface area contributed by atoms with Crippen LogP contribution in [0.25, 0.3) is 0 Å². The summed E-state index contributed by atoms with van der Waals surface area (Å²) in [5, 5.41) is 0. The third-order valence-corrected chi connectivity index (χ3v) is 3.16. The molecule has 2 N–H and O–H groups in total. The molecule has 3 nitrogen and oxygen atoms in total. The van der Waals surface area contributed by atoms with Crippen molar-refractivity contribution in [3.8, 4) is 0 Å². The Labute approximate surface area is 98.7 Å². The van der Waals surface area contributed by atoms with Gasteiger partial charge in [0.05, 0.1) is 6.04 Å². The third-order valence-electron chi connectivity index (χ3n) is 3.16. The molecule has 0 aliphatic rings. The average molecular weight is 221 g/mol. The van der Waals surface area contributed by atoms with Gasteiger partial charge in [-0.05, 0) is 38.9 Å². The van der Waals surface area contributed by atoms with Gasteiger partial charge in [-0.25, -0.2) is 0 Å². The monoisotopic (exact) mass is 221 g/mol. The summed E-state index contributed by atoms with van der Waals surface area (Å²) >= 11 is 0. The molecule has 1 heterocycles. The molecule has 0 aliphatic heterocycles. The zero-order valence-corrected chi connectivity index (χ0v) is 10.7. The van der Waals surface area contributed by atoms with E-state index in [1.807, 2.05) is 12.3 Å². The highest BCUT2D eigenvalue weighted by atomic mass is 15.2. The van der Waals surface area contributed by atoms with Gasteiger partial charge in [0.25, 0.3) is 0 Å². The molecule has 0 saturated carbocycles. The molecule has 2 atom stereocenters. The minimum absolute atomic E-state index is 0.150. The van der Waals surface area contributed by atoms with Crippen molar-refractivity contribution in [2.24, 2.45) is 5.73 Å². The van der Waals surface area contributed by atoms with Crippen LogP contribution in [0.3, 0.4) is 0 Å². The van der Waals surface area contributed by atoms with Crippen molar-refractivity contribution in [2.45, 2.75) is 45.3 Å². The standard InChI is InChI=1S/C13H23N3/c1-5-12(14)13(16(4)10(2)3)11-7-6-8-15-9-11/h6-10,12-13H,5,14H2,1-4H3. The van der Waals surface area contributed by atoms with E-state index in [-0.39, 0.29) is 12.1 Å². The van der Waals surface area contributed by atoms with Gasteiger partial charge in [-0.2, -0.15) is 0 Å². The Morgan fingerprint density at radius 1 is 1.44 bits per heavy atom. The fraction of sp³-hybridized carbons (Fsp3) is 0.615. The molecule has 0 fully saturated rings. The summed E-state index contributed by atoms with van der Waals surface area (Å²) < 4.78 is 0. The first-order chi connectivity index (χ1) is 7.57. The van der Waals surface area contributed by atoms with E-state index in [1.165, 1.54) is 5.56 Å². The molecule has 1 aromatic rings. The van der Waals surface area contributed by atoms with Crippen LogP contribution >= 0.6 is 0 Å². The Kier molecular flexibility index (Phi) is 4.90. The highest BCUT2D eigenvalue weighted by molar-refractivity contribution is 5.16. The first-order valence-electron chi connectivity index (χ1n) is 5.95. The second kappa shape index (κ2) is 5.97. The van der Waals surface area contributed by atoms with Gasteiger partial charge in [-0.1, -0.05) is 13.0 Å². The van der Waals surface area contributed by atoms with E-state index in [4.69, 9.17) is 5.73 Å². The molecule has 16 heavy (non-hydrogen) atoms. The molecule has 0 aliphatic carbocycles. The van der Waals surface area contributed by atoms with Crippen LogP contribution in [-0.2, 0) is 0 Å². The van der Waals surface area contributed by atoms with Crippen LogP contribution in [0.2, 0.25) is 0 Å². The van der Waals surface area contributed by atoms with E-state index >= 15 is 0 Å². The summed E-state index contributed by atoms with van der Waals surface area (Å²) in [5.74, 6) is 0. The maximum absolute atomic E-state index is 6.22. The maximum Gasteiger partial charge on any atom is 0.0513 e. The highest BCUT2D eigenvalue weighted by Gasteiger charge is 2.24. The van der Waals surface area contributed by atoms with Crippen LogP contribution in [-0.4, -0.2) is 29.0 Å². The largest absolute Gasteiger partial charge is 0.326 e. The zero-order chi connectivity index (χ0) is 12.1. The lowest BCUT2D eigenvalue weighted by atomic mass is 9.97. The summed E-state index contributed by atoms with van der Waals surface area (Å²) in [6.07, 6.45) is 4.68. The van der Waals surface area contributed by atoms with Gasteiger partial charge in [0.15, 0.2) is 0 Å². The molecule has 1 rings (SSSR count). The lowest BCUT2D eigenvalue weighted by Gasteiger charge is -2.35. The van der Waals surface area contributed by atoms with E-state index in [0.717, 1.165) is 6.42 Å². The molecule has 2 unspecified atom stereocenters. The van der Waals surface area contributed by atoms with Crippen LogP contribution in [0.5, 0.6) is 0 Å². The summed E-state index contributed by atoms with van der Waals surface area (Å²) in [6, 6.07) is 4.95. The van der Waals surface area contributed by atoms with Crippen molar-refractivity contribution in [3.05, 3.63) is 30.1 Å². The molecular formula is C13H23N3. The number of rotatable bonds is 5. The molecule has 0 radical (unpaired) electrons. The Morgan fingerprint density at radius 2 is 2.12 bits per heavy atom. The molecule has 0 saturated heterocycles. The van der Waals surface area contributed by atoms with Crippen molar-refractivity contribution >= 4 is 0 Å². The summed E-state index contributed by atoms with van der Waals surface area (Å²) in [7, 11) is 2.12. The van der Waals surface area contributed by atoms with Gasteiger partial charge < -0.3 is 5.73 Å². The van der Waals surface area contributed by atoms with E-state index in [1.54, 1.807) is 6.20 Å². The van der Waals surface area contributed by atoms with Crippen LogP contribution in [0.1, 0.15) is 38.8 Å². The second-order valence-corrected chi connectivity index (χ2v) is 4.56. The molecule has 90 valence electrons. The lowest BCUT2D eigenvalue weighted by molar-refractivity contribution is 0.168. The third kappa shape index (κ3) is 3.03. The molecule has 1 aromatic heterocycles. The molecule has 0 bridgehead atoms. The van der Waals surface area contributed by atoms with E-state index < -0.39 is 0 Å². The van der Waals surface area contributed by atoms with E-state index in [9.17, 15) is 0 Å². The number of likely N-dealkylation sites (N-methyl/N-ethyl adjacent to an activating group) is 1. The topological polar surface area (TPSA) is 42.1 Å². The van der Waals surface area contributed by atoms with Crippen LogP contribution < -0.4 is 5.73 Å².